The van der Waals surface area contributed by atoms with Gasteiger partial charge in [0.1, 0.15) is 5.75 Å². The number of para-hydroxylation sites is 1. The molecule has 132 valence electrons. The fraction of sp³-hybridized carbons (Fsp3) is 0.350. The van der Waals surface area contributed by atoms with Gasteiger partial charge in [-0.05, 0) is 30.2 Å². The Morgan fingerprint density at radius 3 is 2.56 bits per heavy atom. The van der Waals surface area contributed by atoms with E-state index < -0.39 is 6.10 Å². The van der Waals surface area contributed by atoms with Gasteiger partial charge >= 0.3 is 0 Å². The molecule has 0 spiro atoms. The number of ether oxygens (including phenoxy) is 1. The summed E-state index contributed by atoms with van der Waals surface area (Å²) in [6.45, 7) is 0.768. The van der Waals surface area contributed by atoms with Crippen LogP contribution in [0.15, 0.2) is 48.5 Å². The average Bonchev–Trinajstić information content (AvgIpc) is 2.67. The van der Waals surface area contributed by atoms with Crippen LogP contribution in [0.5, 0.6) is 5.75 Å². The normalized spacial score (nSPS) is 20.4. The van der Waals surface area contributed by atoms with E-state index in [2.05, 4.69) is 0 Å². The van der Waals surface area contributed by atoms with E-state index in [0.29, 0.717) is 18.5 Å². The quantitative estimate of drug-likeness (QED) is 0.894. The predicted molar refractivity (Wildman–Crippen MR) is 95.5 cm³/mol. The van der Waals surface area contributed by atoms with Gasteiger partial charge in [0.25, 0.3) is 5.91 Å². The van der Waals surface area contributed by atoms with Crippen LogP contribution in [0, 0.1) is 5.92 Å². The smallest absolute Gasteiger partial charge is 0.253 e. The number of carbonyl (C=O) groups excluding carboxylic acids is 1. The van der Waals surface area contributed by atoms with E-state index in [-0.39, 0.29) is 25.0 Å². The number of β-amino-alcohol motifs (C(OH)–C–C–N with tert-alkyl or cyclic N) is 1. The number of benzene rings is 2. The second-order valence-corrected chi connectivity index (χ2v) is 6.33. The second kappa shape index (κ2) is 7.68. The summed E-state index contributed by atoms with van der Waals surface area (Å²) < 4.78 is 5.38. The third-order valence-electron chi connectivity index (χ3n) is 4.79. The Hall–Kier alpha value is -2.37. The summed E-state index contributed by atoms with van der Waals surface area (Å²) in [6, 6.07) is 15.2. The summed E-state index contributed by atoms with van der Waals surface area (Å²) >= 11 is 0. The van der Waals surface area contributed by atoms with Gasteiger partial charge in [-0.25, -0.2) is 0 Å². The molecular weight excluding hydrogens is 318 g/mol. The van der Waals surface area contributed by atoms with Crippen molar-refractivity contribution in [3.8, 4) is 16.9 Å². The molecule has 1 heterocycles. The number of aliphatic hydroxyl groups excluding tert-OH is 2. The topological polar surface area (TPSA) is 70.0 Å². The second-order valence-electron chi connectivity index (χ2n) is 6.33. The van der Waals surface area contributed by atoms with Crippen LogP contribution in [-0.4, -0.2) is 53.9 Å². The first kappa shape index (κ1) is 17.5. The zero-order chi connectivity index (χ0) is 17.8. The van der Waals surface area contributed by atoms with Crippen molar-refractivity contribution in [2.75, 3.05) is 26.8 Å². The molecule has 2 aromatic carbocycles. The van der Waals surface area contributed by atoms with Gasteiger partial charge < -0.3 is 19.8 Å². The van der Waals surface area contributed by atoms with Gasteiger partial charge in [-0.2, -0.15) is 0 Å². The highest BCUT2D eigenvalue weighted by atomic mass is 16.5. The molecule has 5 heteroatoms. The minimum atomic E-state index is -0.671. The maximum atomic E-state index is 12.6. The van der Waals surface area contributed by atoms with Crippen molar-refractivity contribution in [3.05, 3.63) is 54.1 Å². The molecule has 1 amide bonds. The van der Waals surface area contributed by atoms with Crippen molar-refractivity contribution < 1.29 is 19.7 Å². The molecule has 1 fully saturated rings. The minimum Gasteiger partial charge on any atom is -0.496 e. The van der Waals surface area contributed by atoms with Crippen LogP contribution in [0.4, 0.5) is 0 Å². The van der Waals surface area contributed by atoms with Crippen LogP contribution < -0.4 is 4.74 Å². The van der Waals surface area contributed by atoms with E-state index in [4.69, 9.17) is 4.74 Å². The highest BCUT2D eigenvalue weighted by Crippen LogP contribution is 2.30. The van der Waals surface area contributed by atoms with Crippen LogP contribution in [0.25, 0.3) is 11.1 Å². The van der Waals surface area contributed by atoms with E-state index >= 15 is 0 Å². The number of likely N-dealkylation sites (tertiary alicyclic amines) is 1. The number of piperidine rings is 1. The van der Waals surface area contributed by atoms with Gasteiger partial charge in [0, 0.05) is 36.7 Å². The highest BCUT2D eigenvalue weighted by molar-refractivity contribution is 5.95. The minimum absolute atomic E-state index is 0.0448. The van der Waals surface area contributed by atoms with Gasteiger partial charge in [0.15, 0.2) is 0 Å². The summed E-state index contributed by atoms with van der Waals surface area (Å²) in [6.07, 6.45) is -0.0570. The lowest BCUT2D eigenvalue weighted by Gasteiger charge is -2.35. The number of aliphatic hydroxyl groups is 2. The number of nitrogens with zero attached hydrogens (tertiary/aromatic N) is 1. The first-order valence-corrected chi connectivity index (χ1v) is 8.45. The standard InChI is InChI=1S/C20H23NO4/c1-25-19-5-3-2-4-17(19)14-6-8-15(9-7-14)20(24)21-11-10-16(13-22)18(23)12-21/h2-9,16,18,22-23H,10-13H2,1H3/t16-,18+/m0/s1. The Bertz CT molecular complexity index is 729. The lowest BCUT2D eigenvalue weighted by atomic mass is 9.94. The van der Waals surface area contributed by atoms with Gasteiger partial charge in [-0.15, -0.1) is 0 Å². The molecule has 3 rings (SSSR count). The lowest BCUT2D eigenvalue weighted by molar-refractivity contribution is 0.000878. The van der Waals surface area contributed by atoms with E-state index in [0.717, 1.165) is 16.9 Å². The third kappa shape index (κ3) is 3.67. The molecule has 0 bridgehead atoms. The molecule has 1 saturated heterocycles. The fourth-order valence-electron chi connectivity index (χ4n) is 3.24. The molecular formula is C20H23NO4. The van der Waals surface area contributed by atoms with Gasteiger partial charge in [-0.1, -0.05) is 30.3 Å². The van der Waals surface area contributed by atoms with Crippen LogP contribution in [0.3, 0.4) is 0 Å². The number of methoxy groups -OCH3 is 1. The van der Waals surface area contributed by atoms with Gasteiger partial charge in [-0.3, -0.25) is 4.79 Å². The Labute approximate surface area is 147 Å². The largest absolute Gasteiger partial charge is 0.496 e. The molecule has 1 aliphatic heterocycles. The number of carbonyl (C=O) groups is 1. The fourth-order valence-corrected chi connectivity index (χ4v) is 3.24. The van der Waals surface area contributed by atoms with E-state index in [1.165, 1.54) is 0 Å². The number of amides is 1. The maximum absolute atomic E-state index is 12.6. The van der Waals surface area contributed by atoms with E-state index in [1.54, 1.807) is 24.1 Å². The summed E-state index contributed by atoms with van der Waals surface area (Å²) in [4.78, 5) is 14.3. The zero-order valence-electron chi connectivity index (χ0n) is 14.3. The van der Waals surface area contributed by atoms with Crippen molar-refractivity contribution >= 4 is 5.91 Å². The van der Waals surface area contributed by atoms with Gasteiger partial charge in [0.2, 0.25) is 0 Å². The molecule has 0 aliphatic carbocycles. The molecule has 1 aliphatic rings. The Morgan fingerprint density at radius 1 is 1.20 bits per heavy atom. The zero-order valence-corrected chi connectivity index (χ0v) is 14.3. The summed E-state index contributed by atoms with van der Waals surface area (Å²) in [5.41, 5.74) is 2.55. The predicted octanol–water partition coefficient (Wildman–Crippen LogP) is 2.18. The SMILES string of the molecule is COc1ccccc1-c1ccc(C(=O)N2CC[C@@H](CO)[C@H](O)C2)cc1. The van der Waals surface area contributed by atoms with E-state index in [9.17, 15) is 15.0 Å². The first-order valence-electron chi connectivity index (χ1n) is 8.45. The average molecular weight is 341 g/mol. The van der Waals surface area contributed by atoms with Crippen molar-refractivity contribution in [2.24, 2.45) is 5.92 Å². The van der Waals surface area contributed by atoms with Crippen LogP contribution in [0.2, 0.25) is 0 Å². The molecule has 5 nitrogen and oxygen atoms in total. The Balaban J connectivity index is 1.75. The number of hydrogen-bond donors (Lipinski definition) is 2. The maximum Gasteiger partial charge on any atom is 0.253 e. The molecule has 0 saturated carbocycles. The Morgan fingerprint density at radius 2 is 1.92 bits per heavy atom. The lowest BCUT2D eigenvalue weighted by Crippen LogP contribution is -2.47. The van der Waals surface area contributed by atoms with Crippen molar-refractivity contribution in [3.63, 3.8) is 0 Å². The summed E-state index contributed by atoms with van der Waals surface area (Å²) in [7, 11) is 1.64. The first-order chi connectivity index (χ1) is 12.1. The van der Waals surface area contributed by atoms with Crippen LogP contribution in [0.1, 0.15) is 16.8 Å². The van der Waals surface area contributed by atoms with Crippen LogP contribution in [-0.2, 0) is 0 Å². The number of rotatable bonds is 4. The van der Waals surface area contributed by atoms with Gasteiger partial charge in [0.05, 0.1) is 13.2 Å². The van der Waals surface area contributed by atoms with E-state index in [1.807, 2.05) is 36.4 Å². The monoisotopic (exact) mass is 341 g/mol. The summed E-state index contributed by atoms with van der Waals surface area (Å²) in [5.74, 6) is 0.551. The molecule has 25 heavy (non-hydrogen) atoms. The van der Waals surface area contributed by atoms with Crippen LogP contribution >= 0.6 is 0 Å². The molecule has 0 unspecified atom stereocenters. The molecule has 0 aromatic heterocycles. The van der Waals surface area contributed by atoms with Crippen molar-refractivity contribution in [1.29, 1.82) is 0 Å². The van der Waals surface area contributed by atoms with Crippen molar-refractivity contribution in [1.82, 2.24) is 4.90 Å². The summed E-state index contributed by atoms with van der Waals surface area (Å²) in [5, 5.41) is 19.2. The molecule has 0 radical (unpaired) electrons. The number of hydrogen-bond acceptors (Lipinski definition) is 4. The van der Waals surface area contributed by atoms with Crippen molar-refractivity contribution in [2.45, 2.75) is 12.5 Å². The molecule has 2 aromatic rings. The Kier molecular flexibility index (Phi) is 5.36. The highest BCUT2D eigenvalue weighted by Gasteiger charge is 2.30. The third-order valence-corrected chi connectivity index (χ3v) is 4.79. The molecule has 2 N–H and O–H groups in total. The molecule has 2 atom stereocenters.